The Bertz CT molecular complexity index is 531. The van der Waals surface area contributed by atoms with Gasteiger partial charge >= 0.3 is 0 Å². The molecule has 0 radical (unpaired) electrons. The maximum Gasteiger partial charge on any atom is 0.255 e. The second-order valence-electron chi connectivity index (χ2n) is 6.66. The van der Waals surface area contributed by atoms with Gasteiger partial charge in [-0.2, -0.15) is 0 Å². The largest absolute Gasteiger partial charge is 0.491 e. The highest BCUT2D eigenvalue weighted by atomic mass is 16.5. The number of hydrogen-bond acceptors (Lipinski definition) is 4. The van der Waals surface area contributed by atoms with E-state index in [4.69, 9.17) is 9.47 Å². The lowest BCUT2D eigenvalue weighted by molar-refractivity contribution is 0.0909. The van der Waals surface area contributed by atoms with Gasteiger partial charge in [0, 0.05) is 26.2 Å². The van der Waals surface area contributed by atoms with Crippen LogP contribution < -0.4 is 10.1 Å². The third-order valence-electron chi connectivity index (χ3n) is 4.56. The average molecular weight is 332 g/mol. The molecule has 132 valence electrons. The van der Waals surface area contributed by atoms with Crippen LogP contribution in [0.3, 0.4) is 0 Å². The smallest absolute Gasteiger partial charge is 0.255 e. The van der Waals surface area contributed by atoms with Gasteiger partial charge in [0.25, 0.3) is 5.91 Å². The number of ether oxygens (including phenoxy) is 2. The highest BCUT2D eigenvalue weighted by molar-refractivity contribution is 5.96. The van der Waals surface area contributed by atoms with E-state index in [-0.39, 0.29) is 5.91 Å². The number of carbonyl (C=O) groups excluding carboxylic acids is 1. The number of hydrogen-bond donors (Lipinski definition) is 1. The summed E-state index contributed by atoms with van der Waals surface area (Å²) in [7, 11) is 0. The van der Waals surface area contributed by atoms with Crippen LogP contribution in [-0.4, -0.2) is 56.8 Å². The summed E-state index contributed by atoms with van der Waals surface area (Å²) < 4.78 is 11.5. The Balaban J connectivity index is 1.63. The molecule has 0 saturated heterocycles. The van der Waals surface area contributed by atoms with E-state index in [1.54, 1.807) is 0 Å². The lowest BCUT2D eigenvalue weighted by atomic mass is 10.2. The zero-order valence-electron chi connectivity index (χ0n) is 14.3. The molecule has 1 fully saturated rings. The van der Waals surface area contributed by atoms with Crippen molar-refractivity contribution in [3.8, 4) is 5.75 Å². The summed E-state index contributed by atoms with van der Waals surface area (Å²) in [6.45, 7) is 5.65. The molecule has 3 rings (SSSR count). The first-order valence-electron chi connectivity index (χ1n) is 9.13. The van der Waals surface area contributed by atoms with Crippen molar-refractivity contribution in [1.82, 2.24) is 10.2 Å². The molecule has 1 aromatic rings. The van der Waals surface area contributed by atoms with Gasteiger partial charge in [0.05, 0.1) is 12.2 Å². The minimum Gasteiger partial charge on any atom is -0.491 e. The molecule has 1 heterocycles. The van der Waals surface area contributed by atoms with Crippen molar-refractivity contribution < 1.29 is 14.3 Å². The molecule has 2 aliphatic rings. The summed E-state index contributed by atoms with van der Waals surface area (Å²) in [6.07, 6.45) is 4.94. The minimum absolute atomic E-state index is 0.0982. The molecule has 0 aromatic heterocycles. The maximum absolute atomic E-state index is 12.3. The van der Waals surface area contributed by atoms with Gasteiger partial charge in [0.1, 0.15) is 12.4 Å². The first-order chi connectivity index (χ1) is 11.8. The van der Waals surface area contributed by atoms with E-state index in [1.807, 2.05) is 24.3 Å². The van der Waals surface area contributed by atoms with Crippen molar-refractivity contribution in [2.75, 3.05) is 46.0 Å². The third kappa shape index (κ3) is 5.49. The van der Waals surface area contributed by atoms with Gasteiger partial charge in [0.2, 0.25) is 0 Å². The number of rotatable bonds is 2. The summed E-state index contributed by atoms with van der Waals surface area (Å²) in [5.41, 5.74) is 0.598. The Hall–Kier alpha value is -1.59. The zero-order valence-corrected chi connectivity index (χ0v) is 14.3. The van der Waals surface area contributed by atoms with Gasteiger partial charge in [-0.3, -0.25) is 9.69 Å². The maximum atomic E-state index is 12.3. The number of nitrogens with zero attached hydrogens (tertiary/aromatic N) is 1. The predicted molar refractivity (Wildman–Crippen MR) is 93.5 cm³/mol. The minimum atomic E-state index is -0.0982. The highest BCUT2D eigenvalue weighted by Gasteiger charge is 2.24. The third-order valence-corrected chi connectivity index (χ3v) is 4.56. The quantitative estimate of drug-likeness (QED) is 0.903. The molecule has 0 bridgehead atoms. The van der Waals surface area contributed by atoms with E-state index >= 15 is 0 Å². The Kier molecular flexibility index (Phi) is 6.49. The van der Waals surface area contributed by atoms with Gasteiger partial charge in [-0.05, 0) is 50.3 Å². The molecule has 5 heteroatoms. The number of nitrogens with one attached hydrogen (secondary N) is 1. The molecule has 1 aliphatic carbocycles. The van der Waals surface area contributed by atoms with Crippen LogP contribution >= 0.6 is 0 Å². The second kappa shape index (κ2) is 9.04. The van der Waals surface area contributed by atoms with Crippen molar-refractivity contribution in [3.63, 3.8) is 0 Å². The Labute approximate surface area is 144 Å². The molecule has 0 atom stereocenters. The summed E-state index contributed by atoms with van der Waals surface area (Å²) in [4.78, 5) is 14.8. The van der Waals surface area contributed by atoms with Crippen molar-refractivity contribution in [1.29, 1.82) is 0 Å². The van der Waals surface area contributed by atoms with E-state index in [1.165, 1.54) is 19.4 Å². The van der Waals surface area contributed by atoms with Crippen molar-refractivity contribution in [2.24, 2.45) is 5.92 Å². The zero-order chi connectivity index (χ0) is 16.6. The standard InChI is InChI=1S/C19H28N2O3/c22-19-17-5-1-2-6-18(17)24-14-11-21(15-16-7-8-16)10-3-4-12-23-13-9-20-19/h1-2,5-6,16H,3-4,7-15H2,(H,20,22). The Morgan fingerprint density at radius 1 is 1.08 bits per heavy atom. The second-order valence-corrected chi connectivity index (χ2v) is 6.66. The van der Waals surface area contributed by atoms with Crippen LogP contribution in [0.15, 0.2) is 24.3 Å². The highest BCUT2D eigenvalue weighted by Crippen LogP contribution is 2.29. The summed E-state index contributed by atoms with van der Waals surface area (Å²) in [6, 6.07) is 7.46. The van der Waals surface area contributed by atoms with Crippen molar-refractivity contribution in [3.05, 3.63) is 29.8 Å². The number of para-hydroxylation sites is 1. The Morgan fingerprint density at radius 3 is 2.83 bits per heavy atom. The average Bonchev–Trinajstić information content (AvgIpc) is 3.40. The lowest BCUT2D eigenvalue weighted by Crippen LogP contribution is -2.32. The molecule has 1 aromatic carbocycles. The SMILES string of the molecule is O=C1NCCOCCCCN(CC2CC2)CCOc2ccccc21. The van der Waals surface area contributed by atoms with Crippen LogP contribution in [0, 0.1) is 5.92 Å². The summed E-state index contributed by atoms with van der Waals surface area (Å²) in [5.74, 6) is 1.44. The van der Waals surface area contributed by atoms with Crippen LogP contribution in [0.2, 0.25) is 0 Å². The van der Waals surface area contributed by atoms with Gasteiger partial charge < -0.3 is 14.8 Å². The van der Waals surface area contributed by atoms with Gasteiger partial charge in [-0.25, -0.2) is 0 Å². The molecular formula is C19H28N2O3. The topological polar surface area (TPSA) is 50.8 Å². The normalized spacial score (nSPS) is 21.8. The number of amides is 1. The lowest BCUT2D eigenvalue weighted by Gasteiger charge is -2.22. The molecule has 0 spiro atoms. The number of fused-ring (bicyclic) bond motifs is 1. The van der Waals surface area contributed by atoms with E-state index in [2.05, 4.69) is 10.2 Å². The molecule has 1 saturated carbocycles. The van der Waals surface area contributed by atoms with Crippen molar-refractivity contribution >= 4 is 5.91 Å². The molecule has 1 amide bonds. The first kappa shape index (κ1) is 17.2. The number of benzene rings is 1. The van der Waals surface area contributed by atoms with Gasteiger partial charge in [-0.15, -0.1) is 0 Å². The predicted octanol–water partition coefficient (Wildman–Crippen LogP) is 2.32. The molecular weight excluding hydrogens is 304 g/mol. The van der Waals surface area contributed by atoms with E-state index in [0.29, 0.717) is 31.1 Å². The van der Waals surface area contributed by atoms with Gasteiger partial charge in [-0.1, -0.05) is 12.1 Å². The first-order valence-corrected chi connectivity index (χ1v) is 9.13. The molecule has 1 aliphatic heterocycles. The molecule has 0 unspecified atom stereocenters. The number of carbonyl (C=O) groups is 1. The summed E-state index contributed by atoms with van der Waals surface area (Å²) >= 11 is 0. The fourth-order valence-electron chi connectivity index (χ4n) is 3.00. The van der Waals surface area contributed by atoms with Crippen LogP contribution in [0.1, 0.15) is 36.0 Å². The van der Waals surface area contributed by atoms with Crippen LogP contribution in [0.25, 0.3) is 0 Å². The summed E-state index contributed by atoms with van der Waals surface area (Å²) in [5, 5.41) is 2.90. The molecule has 1 N–H and O–H groups in total. The van der Waals surface area contributed by atoms with Gasteiger partial charge in [0.15, 0.2) is 0 Å². The molecule has 24 heavy (non-hydrogen) atoms. The van der Waals surface area contributed by atoms with E-state index in [0.717, 1.165) is 38.5 Å². The van der Waals surface area contributed by atoms with E-state index < -0.39 is 0 Å². The van der Waals surface area contributed by atoms with Crippen molar-refractivity contribution in [2.45, 2.75) is 25.7 Å². The fourth-order valence-corrected chi connectivity index (χ4v) is 3.00. The fraction of sp³-hybridized carbons (Fsp3) is 0.632. The van der Waals surface area contributed by atoms with Crippen LogP contribution in [-0.2, 0) is 4.74 Å². The Morgan fingerprint density at radius 2 is 1.96 bits per heavy atom. The van der Waals surface area contributed by atoms with E-state index in [9.17, 15) is 4.79 Å². The monoisotopic (exact) mass is 332 g/mol. The molecule has 5 nitrogen and oxygen atoms in total. The van der Waals surface area contributed by atoms with Crippen LogP contribution in [0.4, 0.5) is 0 Å². The van der Waals surface area contributed by atoms with Crippen LogP contribution in [0.5, 0.6) is 5.75 Å².